The number of furan rings is 1. The van der Waals surface area contributed by atoms with Crippen LogP contribution in [0.4, 0.5) is 5.88 Å². The van der Waals surface area contributed by atoms with Gasteiger partial charge in [-0.1, -0.05) is 12.1 Å². The van der Waals surface area contributed by atoms with Crippen LogP contribution in [0.5, 0.6) is 0 Å². The number of hydrogen-bond donors (Lipinski definition) is 0. The molecule has 1 aromatic carbocycles. The van der Waals surface area contributed by atoms with E-state index in [-0.39, 0.29) is 0 Å². The molecule has 3 aromatic heterocycles. The fourth-order valence-electron chi connectivity index (χ4n) is 3.43. The lowest BCUT2D eigenvalue weighted by molar-refractivity contribution is 0.618. The first-order valence-corrected chi connectivity index (χ1v) is 9.01. The van der Waals surface area contributed by atoms with Crippen molar-refractivity contribution in [1.29, 1.82) is 0 Å². The quantitative estimate of drug-likeness (QED) is 0.425. The number of thiophene rings is 1. The summed E-state index contributed by atoms with van der Waals surface area (Å²) in [5, 5.41) is 4.62. The minimum atomic E-state index is 0.772. The second-order valence-electron chi connectivity index (χ2n) is 6.40. The number of rotatable bonds is 1. The van der Waals surface area contributed by atoms with Crippen molar-refractivity contribution in [2.45, 2.75) is 26.7 Å². The molecular formula is C20H16N2OS. The summed E-state index contributed by atoms with van der Waals surface area (Å²) >= 11 is 1.74. The normalized spacial score (nSPS) is 14.2. The Morgan fingerprint density at radius 2 is 2.04 bits per heavy atom. The van der Waals surface area contributed by atoms with Gasteiger partial charge in [-0.05, 0) is 55.2 Å². The van der Waals surface area contributed by atoms with E-state index in [1.54, 1.807) is 11.3 Å². The van der Waals surface area contributed by atoms with Crippen LogP contribution in [-0.4, -0.2) is 10.7 Å². The van der Waals surface area contributed by atoms with Crippen molar-refractivity contribution in [2.24, 2.45) is 4.99 Å². The molecule has 118 valence electrons. The zero-order valence-corrected chi connectivity index (χ0v) is 14.4. The Hall–Kier alpha value is -2.46. The third kappa shape index (κ3) is 1.96. The van der Waals surface area contributed by atoms with Crippen LogP contribution in [0, 0.1) is 6.92 Å². The molecule has 0 saturated carbocycles. The van der Waals surface area contributed by atoms with Gasteiger partial charge in [-0.3, -0.25) is 4.98 Å². The third-order valence-electron chi connectivity index (χ3n) is 4.76. The minimum absolute atomic E-state index is 0.772. The van der Waals surface area contributed by atoms with Crippen molar-refractivity contribution in [1.82, 2.24) is 4.98 Å². The molecule has 0 amide bonds. The number of aryl methyl sites for hydroxylation is 2. The second kappa shape index (κ2) is 5.02. The molecule has 5 rings (SSSR count). The lowest BCUT2D eigenvalue weighted by Gasteiger charge is -2.06. The molecule has 0 saturated heterocycles. The smallest absolute Gasteiger partial charge is 0.223 e. The van der Waals surface area contributed by atoms with Gasteiger partial charge in [-0.25, -0.2) is 4.99 Å². The molecule has 0 atom stereocenters. The molecule has 0 N–H and O–H groups in total. The number of nitrogens with zero attached hydrogens (tertiary/aromatic N) is 2. The van der Waals surface area contributed by atoms with Gasteiger partial charge in [0.15, 0.2) is 0 Å². The van der Waals surface area contributed by atoms with Gasteiger partial charge in [-0.15, -0.1) is 11.3 Å². The van der Waals surface area contributed by atoms with Crippen molar-refractivity contribution >= 4 is 44.0 Å². The average Bonchev–Trinajstić information content (AvgIpc) is 3.14. The highest BCUT2D eigenvalue weighted by Gasteiger charge is 2.20. The number of fused-ring (bicyclic) bond motifs is 4. The molecule has 0 fully saturated rings. The van der Waals surface area contributed by atoms with E-state index in [0.29, 0.717) is 0 Å². The number of pyridine rings is 1. The van der Waals surface area contributed by atoms with E-state index in [1.807, 2.05) is 6.20 Å². The summed E-state index contributed by atoms with van der Waals surface area (Å²) in [5.41, 5.74) is 6.57. The lowest BCUT2D eigenvalue weighted by atomic mass is 10.0. The standard InChI is InChI=1S/C20H16N2OS/c1-11-10-24-18-9-21-17(8-16(11)18)15-5-3-4-13-14-7-6-12(2)22-20(14)23-19(13)15/h3-5,8-10H,6-7H2,1-2H3. The third-order valence-corrected chi connectivity index (χ3v) is 5.81. The zero-order chi connectivity index (χ0) is 16.3. The van der Waals surface area contributed by atoms with Crippen LogP contribution < -0.4 is 0 Å². The summed E-state index contributed by atoms with van der Waals surface area (Å²) in [5.74, 6) is 0.772. The number of para-hydroxylation sites is 1. The van der Waals surface area contributed by atoms with Crippen LogP contribution in [0.3, 0.4) is 0 Å². The van der Waals surface area contributed by atoms with Crippen LogP contribution in [0.25, 0.3) is 32.3 Å². The first-order chi connectivity index (χ1) is 11.7. The summed E-state index contributed by atoms with van der Waals surface area (Å²) in [6.07, 6.45) is 3.97. The Morgan fingerprint density at radius 1 is 1.12 bits per heavy atom. The van der Waals surface area contributed by atoms with E-state index in [2.05, 4.69) is 53.5 Å². The molecule has 0 radical (unpaired) electrons. The second-order valence-corrected chi connectivity index (χ2v) is 7.31. The Balaban J connectivity index is 1.78. The van der Waals surface area contributed by atoms with Crippen LogP contribution in [0.2, 0.25) is 0 Å². The number of benzene rings is 1. The van der Waals surface area contributed by atoms with E-state index in [0.717, 1.165) is 41.3 Å². The van der Waals surface area contributed by atoms with Crippen molar-refractivity contribution in [3.05, 3.63) is 47.0 Å². The zero-order valence-electron chi connectivity index (χ0n) is 13.6. The van der Waals surface area contributed by atoms with Crippen LogP contribution in [-0.2, 0) is 6.42 Å². The van der Waals surface area contributed by atoms with Gasteiger partial charge in [0, 0.05) is 28.4 Å². The van der Waals surface area contributed by atoms with Crippen LogP contribution >= 0.6 is 11.3 Å². The van der Waals surface area contributed by atoms with Crippen molar-refractivity contribution in [3.8, 4) is 11.3 Å². The Labute approximate surface area is 143 Å². The molecule has 0 unspecified atom stereocenters. The van der Waals surface area contributed by atoms with E-state index in [1.165, 1.54) is 26.6 Å². The van der Waals surface area contributed by atoms with Crippen molar-refractivity contribution in [3.63, 3.8) is 0 Å². The van der Waals surface area contributed by atoms with Gasteiger partial charge in [0.1, 0.15) is 5.58 Å². The maximum Gasteiger partial charge on any atom is 0.223 e. The number of hydrogen-bond acceptors (Lipinski definition) is 4. The summed E-state index contributed by atoms with van der Waals surface area (Å²) in [4.78, 5) is 9.28. The molecule has 1 aliphatic rings. The fraction of sp³-hybridized carbons (Fsp3) is 0.200. The van der Waals surface area contributed by atoms with E-state index in [4.69, 9.17) is 4.42 Å². The largest absolute Gasteiger partial charge is 0.437 e. The Morgan fingerprint density at radius 3 is 2.96 bits per heavy atom. The van der Waals surface area contributed by atoms with Gasteiger partial charge >= 0.3 is 0 Å². The predicted molar refractivity (Wildman–Crippen MR) is 101 cm³/mol. The summed E-state index contributed by atoms with van der Waals surface area (Å²) in [6.45, 7) is 4.21. The predicted octanol–water partition coefficient (Wildman–Crippen LogP) is 6.06. The molecule has 0 spiro atoms. The number of aromatic nitrogens is 1. The highest BCUT2D eigenvalue weighted by molar-refractivity contribution is 7.17. The van der Waals surface area contributed by atoms with Crippen LogP contribution in [0.15, 0.2) is 45.3 Å². The first kappa shape index (κ1) is 13.9. The van der Waals surface area contributed by atoms with Gasteiger partial charge in [0.25, 0.3) is 0 Å². The SMILES string of the molecule is CC1=Nc2oc3c(-c4cc5c(C)csc5cn4)cccc3c2CC1. The molecule has 4 heterocycles. The maximum atomic E-state index is 6.15. The van der Waals surface area contributed by atoms with Crippen molar-refractivity contribution < 1.29 is 4.42 Å². The van der Waals surface area contributed by atoms with E-state index in [9.17, 15) is 0 Å². The first-order valence-electron chi connectivity index (χ1n) is 8.13. The monoisotopic (exact) mass is 332 g/mol. The Bertz CT molecular complexity index is 1130. The molecule has 3 nitrogen and oxygen atoms in total. The Kier molecular flexibility index (Phi) is 2.91. The van der Waals surface area contributed by atoms with Gasteiger partial charge < -0.3 is 4.42 Å². The molecule has 24 heavy (non-hydrogen) atoms. The van der Waals surface area contributed by atoms with E-state index >= 15 is 0 Å². The molecule has 4 heteroatoms. The lowest BCUT2D eigenvalue weighted by Crippen LogP contribution is -1.99. The highest BCUT2D eigenvalue weighted by Crippen LogP contribution is 2.40. The molecule has 4 aromatic rings. The van der Waals surface area contributed by atoms with Gasteiger partial charge in [0.2, 0.25) is 5.88 Å². The van der Waals surface area contributed by atoms with Crippen molar-refractivity contribution in [2.75, 3.05) is 0 Å². The highest BCUT2D eigenvalue weighted by atomic mass is 32.1. The fourth-order valence-corrected chi connectivity index (χ4v) is 4.33. The topological polar surface area (TPSA) is 38.4 Å². The molecule has 0 bridgehead atoms. The van der Waals surface area contributed by atoms with E-state index < -0.39 is 0 Å². The minimum Gasteiger partial charge on any atom is -0.437 e. The van der Waals surface area contributed by atoms with Gasteiger partial charge in [0.05, 0.1) is 10.4 Å². The molecular weight excluding hydrogens is 316 g/mol. The maximum absolute atomic E-state index is 6.15. The summed E-state index contributed by atoms with van der Waals surface area (Å²) < 4.78 is 7.37. The van der Waals surface area contributed by atoms with Crippen LogP contribution in [0.1, 0.15) is 24.5 Å². The molecule has 1 aliphatic heterocycles. The summed E-state index contributed by atoms with van der Waals surface area (Å²) in [6, 6.07) is 8.48. The number of aliphatic imine (C=N–C) groups is 1. The van der Waals surface area contributed by atoms with Gasteiger partial charge in [-0.2, -0.15) is 0 Å². The average molecular weight is 332 g/mol. The molecule has 0 aliphatic carbocycles. The summed E-state index contributed by atoms with van der Waals surface area (Å²) in [7, 11) is 0.